The molecule has 1 aliphatic carbocycles. The minimum atomic E-state index is -1.68. The summed E-state index contributed by atoms with van der Waals surface area (Å²) in [5.74, 6) is 0. The molecule has 0 aliphatic heterocycles. The fraction of sp³-hybridized carbons (Fsp3) is 0.316. The van der Waals surface area contributed by atoms with E-state index in [0.29, 0.717) is 0 Å². The first-order valence-electron chi connectivity index (χ1n) is 7.82. The van der Waals surface area contributed by atoms with Crippen molar-refractivity contribution in [1.82, 2.24) is 4.98 Å². The maximum atomic E-state index is 4.71. The number of halogens is 3. The zero-order valence-electron chi connectivity index (χ0n) is 15.0. The largest absolute Gasteiger partial charge is 1.00 e. The molecule has 1 aromatic heterocycles. The first-order valence-corrected chi connectivity index (χ1v) is 13.7. The number of hydrogen-bond donors (Lipinski definition) is 0. The van der Waals surface area contributed by atoms with Crippen molar-refractivity contribution in [1.29, 1.82) is 0 Å². The number of aromatic nitrogens is 1. The van der Waals surface area contributed by atoms with Crippen molar-refractivity contribution < 1.29 is 50.3 Å². The SMILES string of the molecule is CC1=C(C)[C]([Cr+2])(c2cccc3cccnc23)C([Si](C)(C)Br)=C1C.[Br-].[Br-]. The Kier molecular flexibility index (Phi) is 7.58. The number of pyridine rings is 1. The van der Waals surface area contributed by atoms with Crippen molar-refractivity contribution >= 4 is 32.9 Å². The number of rotatable bonds is 2. The maximum Gasteiger partial charge on any atom is -1.00 e. The average molecular weight is 583 g/mol. The quantitative estimate of drug-likeness (QED) is 0.353. The molecule has 6 heteroatoms. The summed E-state index contributed by atoms with van der Waals surface area (Å²) in [6.45, 7) is 9.81. The van der Waals surface area contributed by atoms with E-state index >= 15 is 0 Å². The normalized spacial score (nSPS) is 20.5. The molecular formula is C19H21Br3CrNSi. The smallest absolute Gasteiger partial charge is 1.00 e. The van der Waals surface area contributed by atoms with E-state index in [9.17, 15) is 0 Å². The molecule has 0 N–H and O–H groups in total. The van der Waals surface area contributed by atoms with Gasteiger partial charge in [0.05, 0.1) is 0 Å². The fourth-order valence-corrected chi connectivity index (χ4v) is 10.4. The van der Waals surface area contributed by atoms with Crippen LogP contribution in [0.2, 0.25) is 13.1 Å². The molecule has 0 bridgehead atoms. The standard InChI is InChI=1S/C19H21BrNSi.2BrH.Cr/c1-12-13(2)17(19(14(12)3)22(4,5)20)16-10-6-8-15-9-7-11-21-18(15)16;;;/h6-11H,1-5H3;2*1H;/q;;;+2/p-2. The van der Waals surface area contributed by atoms with Gasteiger partial charge in [-0.1, -0.05) is 0 Å². The minimum absolute atomic E-state index is 0. The van der Waals surface area contributed by atoms with Crippen LogP contribution in [0.25, 0.3) is 10.9 Å². The number of hydrogen-bond acceptors (Lipinski definition) is 1. The Bertz CT molecular complexity index is 865. The number of nitrogens with zero attached hydrogens (tertiary/aromatic N) is 1. The van der Waals surface area contributed by atoms with Gasteiger partial charge in [0, 0.05) is 0 Å². The zero-order valence-corrected chi connectivity index (χ0v) is 22.0. The molecule has 0 amide bonds. The van der Waals surface area contributed by atoms with Gasteiger partial charge < -0.3 is 34.0 Å². The Labute approximate surface area is 188 Å². The third-order valence-corrected chi connectivity index (χ3v) is 9.55. The Morgan fingerprint density at radius 2 is 1.60 bits per heavy atom. The van der Waals surface area contributed by atoms with Crippen molar-refractivity contribution in [2.75, 3.05) is 0 Å². The molecular weight excluding hydrogens is 562 g/mol. The van der Waals surface area contributed by atoms with Crippen molar-refractivity contribution in [3.05, 3.63) is 64.0 Å². The van der Waals surface area contributed by atoms with Crippen LogP contribution in [0.15, 0.2) is 58.4 Å². The average Bonchev–Trinajstić information content (AvgIpc) is 2.68. The second-order valence-electron chi connectivity index (χ2n) is 6.78. The molecule has 0 fully saturated rings. The van der Waals surface area contributed by atoms with Gasteiger partial charge in [-0.25, -0.2) is 0 Å². The molecule has 3 rings (SSSR count). The Balaban J connectivity index is 0.00000156. The topological polar surface area (TPSA) is 12.9 Å². The van der Waals surface area contributed by atoms with Gasteiger partial charge in [0.1, 0.15) is 0 Å². The summed E-state index contributed by atoms with van der Waals surface area (Å²) in [5.41, 5.74) is 6.62. The van der Waals surface area contributed by atoms with Gasteiger partial charge >= 0.3 is 156 Å². The van der Waals surface area contributed by atoms with Crippen molar-refractivity contribution in [3.63, 3.8) is 0 Å². The van der Waals surface area contributed by atoms with E-state index in [4.69, 9.17) is 4.98 Å². The Morgan fingerprint density at radius 1 is 1.00 bits per heavy atom. The summed E-state index contributed by atoms with van der Waals surface area (Å²) in [6, 6.07) is 10.7. The predicted molar refractivity (Wildman–Crippen MR) is 101 cm³/mol. The van der Waals surface area contributed by atoms with Gasteiger partial charge in [-0.15, -0.1) is 0 Å². The number of allylic oxidation sites excluding steroid dienone is 4. The minimum Gasteiger partial charge on any atom is -1.00 e. The molecule has 1 heterocycles. The van der Waals surface area contributed by atoms with Crippen LogP contribution < -0.4 is 34.0 Å². The second-order valence-corrected chi connectivity index (χ2v) is 17.1. The van der Waals surface area contributed by atoms with Crippen LogP contribution in [0.1, 0.15) is 26.3 Å². The summed E-state index contributed by atoms with van der Waals surface area (Å²) < 4.78 is -0.193. The van der Waals surface area contributed by atoms with E-state index in [2.05, 4.69) is 89.7 Å². The summed E-state index contributed by atoms with van der Waals surface area (Å²) in [6.07, 6.45) is 1.89. The molecule has 1 aliphatic rings. The molecule has 1 unspecified atom stereocenters. The summed E-state index contributed by atoms with van der Waals surface area (Å²) in [7, 11) is 0. The molecule has 0 saturated heterocycles. The maximum absolute atomic E-state index is 4.71. The number of benzene rings is 1. The molecule has 1 aromatic carbocycles. The van der Waals surface area contributed by atoms with E-state index < -0.39 is 6.69 Å². The summed E-state index contributed by atoms with van der Waals surface area (Å²) >= 11 is 7.63. The van der Waals surface area contributed by atoms with Gasteiger partial charge in [0.25, 0.3) is 0 Å². The molecule has 133 valence electrons. The molecule has 0 spiro atoms. The van der Waals surface area contributed by atoms with E-state index in [1.54, 1.807) is 0 Å². The Hall–Kier alpha value is 0.299. The monoisotopic (exact) mass is 580 g/mol. The van der Waals surface area contributed by atoms with Crippen LogP contribution in [0.5, 0.6) is 0 Å². The third kappa shape index (κ3) is 3.68. The van der Waals surface area contributed by atoms with Crippen LogP contribution in [-0.2, 0) is 20.6 Å². The van der Waals surface area contributed by atoms with Gasteiger partial charge in [0.2, 0.25) is 0 Å². The summed E-state index contributed by atoms with van der Waals surface area (Å²) in [4.78, 5) is 4.71. The van der Waals surface area contributed by atoms with Crippen LogP contribution >= 0.6 is 15.3 Å². The van der Waals surface area contributed by atoms with E-state index in [-0.39, 0.29) is 38.2 Å². The van der Waals surface area contributed by atoms with Crippen LogP contribution in [-0.4, -0.2) is 11.7 Å². The van der Waals surface area contributed by atoms with Gasteiger partial charge in [0.15, 0.2) is 0 Å². The van der Waals surface area contributed by atoms with E-state index in [0.717, 1.165) is 5.52 Å². The molecule has 1 atom stereocenters. The summed E-state index contributed by atoms with van der Waals surface area (Å²) in [5, 5.41) is 2.72. The van der Waals surface area contributed by atoms with Gasteiger partial charge in [-0.3, -0.25) is 0 Å². The fourth-order valence-electron chi connectivity index (χ4n) is 3.77. The first kappa shape index (κ1) is 23.3. The predicted octanol–water partition coefficient (Wildman–Crippen LogP) is -0.209. The first-order chi connectivity index (χ1) is 10.7. The van der Waals surface area contributed by atoms with Gasteiger partial charge in [-0.2, -0.15) is 0 Å². The molecule has 1 nitrogen and oxygen atoms in total. The van der Waals surface area contributed by atoms with E-state index in [1.165, 1.54) is 32.9 Å². The van der Waals surface area contributed by atoms with Crippen LogP contribution in [0.4, 0.5) is 0 Å². The van der Waals surface area contributed by atoms with Crippen molar-refractivity contribution in [2.45, 2.75) is 38.1 Å². The molecule has 25 heavy (non-hydrogen) atoms. The third-order valence-electron chi connectivity index (χ3n) is 4.99. The molecule has 0 radical (unpaired) electrons. The van der Waals surface area contributed by atoms with Crippen LogP contribution in [0, 0.1) is 0 Å². The second kappa shape index (κ2) is 8.12. The number of fused-ring (bicyclic) bond motifs is 1. The van der Waals surface area contributed by atoms with Crippen molar-refractivity contribution in [2.24, 2.45) is 0 Å². The van der Waals surface area contributed by atoms with Crippen molar-refractivity contribution in [3.8, 4) is 0 Å². The zero-order chi connectivity index (χ0) is 17.0. The Morgan fingerprint density at radius 3 is 2.20 bits per heavy atom. The molecule has 0 saturated carbocycles. The number of para-hydroxylation sites is 1. The van der Waals surface area contributed by atoms with Crippen LogP contribution in [0.3, 0.4) is 0 Å². The van der Waals surface area contributed by atoms with E-state index in [1.807, 2.05) is 12.3 Å². The van der Waals surface area contributed by atoms with Gasteiger partial charge in [-0.05, 0) is 0 Å². The molecule has 2 aromatic rings.